The molecule has 0 radical (unpaired) electrons. The predicted octanol–water partition coefficient (Wildman–Crippen LogP) is 2.86. The summed E-state index contributed by atoms with van der Waals surface area (Å²) in [5.41, 5.74) is -0.467. The van der Waals surface area contributed by atoms with Crippen molar-refractivity contribution in [1.82, 2.24) is 24.1 Å². The van der Waals surface area contributed by atoms with Crippen molar-refractivity contribution >= 4 is 34.9 Å². The van der Waals surface area contributed by atoms with Crippen LogP contribution in [0.15, 0.2) is 41.3 Å². The Hall–Kier alpha value is -1.68. The Labute approximate surface area is 158 Å². The molecule has 1 aromatic carbocycles. The van der Waals surface area contributed by atoms with Crippen molar-refractivity contribution in [3.63, 3.8) is 0 Å². The third-order valence-corrected chi connectivity index (χ3v) is 6.03. The molecular weight excluding hydrogens is 382 g/mol. The number of aliphatic hydroxyl groups is 1. The van der Waals surface area contributed by atoms with Crippen LogP contribution in [-0.2, 0) is 12.1 Å². The quantitative estimate of drug-likeness (QED) is 0.613. The second kappa shape index (κ2) is 7.69. The molecule has 25 heavy (non-hydrogen) atoms. The summed E-state index contributed by atoms with van der Waals surface area (Å²) in [4.78, 5) is 8.22. The van der Waals surface area contributed by atoms with Crippen LogP contribution in [0.4, 0.5) is 0 Å². The number of ether oxygens (including phenoxy) is 1. The Balaban J connectivity index is 1.90. The van der Waals surface area contributed by atoms with E-state index >= 15 is 0 Å². The van der Waals surface area contributed by atoms with Crippen LogP contribution in [-0.4, -0.2) is 41.6 Å². The number of thioether (sulfide) groups is 1. The van der Waals surface area contributed by atoms with Crippen molar-refractivity contribution in [2.75, 3.05) is 7.11 Å². The molecule has 10 heteroatoms. The molecule has 2 unspecified atom stereocenters. The molecule has 7 nitrogen and oxygen atoms in total. The van der Waals surface area contributed by atoms with Gasteiger partial charge < -0.3 is 9.84 Å². The second-order valence-corrected chi connectivity index (χ2v) is 8.11. The van der Waals surface area contributed by atoms with Gasteiger partial charge in [-0.25, -0.2) is 9.67 Å². The van der Waals surface area contributed by atoms with Gasteiger partial charge in [0, 0.05) is 10.3 Å². The number of methoxy groups -OCH3 is 1. The van der Waals surface area contributed by atoms with Crippen LogP contribution in [0.2, 0.25) is 5.02 Å². The van der Waals surface area contributed by atoms with Crippen molar-refractivity contribution in [1.29, 1.82) is 0 Å². The Morgan fingerprint density at radius 3 is 2.76 bits per heavy atom. The highest BCUT2D eigenvalue weighted by atomic mass is 35.5. The van der Waals surface area contributed by atoms with Gasteiger partial charge in [-0.15, -0.1) is 4.37 Å². The number of benzene rings is 1. The molecule has 0 aliphatic carbocycles. The van der Waals surface area contributed by atoms with Crippen molar-refractivity contribution in [3.8, 4) is 6.01 Å². The molecule has 1 N–H and O–H groups in total. The van der Waals surface area contributed by atoms with Crippen LogP contribution in [0, 0.1) is 0 Å². The summed E-state index contributed by atoms with van der Waals surface area (Å²) in [5, 5.41) is 16.0. The molecule has 0 aliphatic rings. The Bertz CT molecular complexity index is 812. The van der Waals surface area contributed by atoms with Gasteiger partial charge in [0.25, 0.3) is 0 Å². The summed E-state index contributed by atoms with van der Waals surface area (Å²) in [6.07, 6.45) is 3.02. The fraction of sp³-hybridized carbons (Fsp3) is 0.333. The van der Waals surface area contributed by atoms with E-state index < -0.39 is 5.60 Å². The molecule has 2 aromatic heterocycles. The summed E-state index contributed by atoms with van der Waals surface area (Å²) < 4.78 is 11.4. The second-order valence-electron chi connectivity index (χ2n) is 5.33. The maximum absolute atomic E-state index is 11.5. The van der Waals surface area contributed by atoms with Gasteiger partial charge >= 0.3 is 6.01 Å². The molecule has 0 bridgehead atoms. The normalized spacial score (nSPS) is 14.9. The van der Waals surface area contributed by atoms with E-state index in [2.05, 4.69) is 19.4 Å². The minimum Gasteiger partial charge on any atom is -0.466 e. The monoisotopic (exact) mass is 397 g/mol. The van der Waals surface area contributed by atoms with Gasteiger partial charge in [-0.05, 0) is 36.2 Å². The molecule has 0 saturated heterocycles. The van der Waals surface area contributed by atoms with E-state index in [1.807, 2.05) is 19.1 Å². The van der Waals surface area contributed by atoms with Gasteiger partial charge in [-0.3, -0.25) is 0 Å². The molecule has 0 aliphatic heterocycles. The molecule has 0 saturated carbocycles. The molecule has 0 amide bonds. The Kier molecular flexibility index (Phi) is 5.57. The summed E-state index contributed by atoms with van der Waals surface area (Å²) in [7, 11) is 1.52. The van der Waals surface area contributed by atoms with Crippen molar-refractivity contribution in [2.24, 2.45) is 0 Å². The Morgan fingerprint density at radius 2 is 2.16 bits per heavy atom. The van der Waals surface area contributed by atoms with E-state index in [4.69, 9.17) is 16.3 Å². The molecule has 2 heterocycles. The number of nitrogens with zero attached hydrogens (tertiary/aromatic N) is 5. The standard InChI is InChI=1S/C15H16ClN5O2S2/c1-10(24-14-19-13(23-2)20-25-14)15(22,7-21-9-17-8-18-21)11-3-5-12(16)6-4-11/h3-6,8-10,22H,7H2,1-2H3. The van der Waals surface area contributed by atoms with E-state index in [0.717, 1.165) is 9.90 Å². The number of hydrogen-bond acceptors (Lipinski definition) is 8. The molecule has 3 rings (SSSR count). The lowest BCUT2D eigenvalue weighted by atomic mass is 9.90. The van der Waals surface area contributed by atoms with Crippen molar-refractivity contribution in [3.05, 3.63) is 47.5 Å². The highest BCUT2D eigenvalue weighted by molar-refractivity contribution is 8.01. The summed E-state index contributed by atoms with van der Waals surface area (Å²) >= 11 is 8.65. The lowest BCUT2D eigenvalue weighted by Gasteiger charge is -2.33. The third-order valence-electron chi connectivity index (χ3n) is 3.74. The topological polar surface area (TPSA) is 86.0 Å². The van der Waals surface area contributed by atoms with Crippen LogP contribution < -0.4 is 4.74 Å². The Morgan fingerprint density at radius 1 is 1.40 bits per heavy atom. The lowest BCUT2D eigenvalue weighted by Crippen LogP contribution is -2.40. The van der Waals surface area contributed by atoms with E-state index in [9.17, 15) is 5.11 Å². The zero-order valence-electron chi connectivity index (χ0n) is 13.5. The maximum Gasteiger partial charge on any atom is 0.329 e. The van der Waals surface area contributed by atoms with E-state index in [1.54, 1.807) is 23.1 Å². The fourth-order valence-electron chi connectivity index (χ4n) is 2.33. The number of aromatic nitrogens is 5. The molecule has 0 fully saturated rings. The molecule has 2 atom stereocenters. The first-order valence-electron chi connectivity index (χ1n) is 7.36. The van der Waals surface area contributed by atoms with Crippen LogP contribution in [0.5, 0.6) is 6.01 Å². The molecule has 132 valence electrons. The van der Waals surface area contributed by atoms with Gasteiger partial charge in [-0.1, -0.05) is 35.5 Å². The summed E-state index contributed by atoms with van der Waals surface area (Å²) in [6, 6.07) is 7.47. The first-order chi connectivity index (χ1) is 12.0. The third kappa shape index (κ3) is 4.12. The molecular formula is C15H16ClN5O2S2. The smallest absolute Gasteiger partial charge is 0.329 e. The number of rotatable bonds is 7. The molecule has 3 aromatic rings. The summed E-state index contributed by atoms with van der Waals surface area (Å²) in [6.45, 7) is 2.18. The van der Waals surface area contributed by atoms with Crippen LogP contribution >= 0.6 is 34.9 Å². The van der Waals surface area contributed by atoms with Crippen LogP contribution in [0.1, 0.15) is 12.5 Å². The molecule has 0 spiro atoms. The van der Waals surface area contributed by atoms with E-state index in [0.29, 0.717) is 11.0 Å². The maximum atomic E-state index is 11.5. The van der Waals surface area contributed by atoms with Crippen molar-refractivity contribution in [2.45, 2.75) is 28.7 Å². The van der Waals surface area contributed by atoms with Crippen LogP contribution in [0.3, 0.4) is 0 Å². The first kappa shape index (κ1) is 18.1. The summed E-state index contributed by atoms with van der Waals surface area (Å²) in [5.74, 6) is 0. The number of hydrogen-bond donors (Lipinski definition) is 1. The average molecular weight is 398 g/mol. The van der Waals surface area contributed by atoms with Gasteiger partial charge in [-0.2, -0.15) is 10.1 Å². The zero-order valence-corrected chi connectivity index (χ0v) is 15.9. The van der Waals surface area contributed by atoms with Gasteiger partial charge in [0.1, 0.15) is 18.3 Å². The highest BCUT2D eigenvalue weighted by Crippen LogP contribution is 2.39. The predicted molar refractivity (Wildman–Crippen MR) is 97.2 cm³/mol. The van der Waals surface area contributed by atoms with Gasteiger partial charge in [0.15, 0.2) is 4.34 Å². The van der Waals surface area contributed by atoms with Crippen LogP contribution in [0.25, 0.3) is 0 Å². The lowest BCUT2D eigenvalue weighted by molar-refractivity contribution is 0.0167. The van der Waals surface area contributed by atoms with Gasteiger partial charge in [0.2, 0.25) is 0 Å². The fourth-order valence-corrected chi connectivity index (χ4v) is 4.40. The average Bonchev–Trinajstić information content (AvgIpc) is 3.27. The van der Waals surface area contributed by atoms with E-state index in [1.165, 1.54) is 36.7 Å². The minimum absolute atomic E-state index is 0.240. The largest absolute Gasteiger partial charge is 0.466 e. The highest BCUT2D eigenvalue weighted by Gasteiger charge is 2.38. The van der Waals surface area contributed by atoms with E-state index in [-0.39, 0.29) is 11.8 Å². The SMILES string of the molecule is COc1nsc(SC(C)C(O)(Cn2cncn2)c2ccc(Cl)cc2)n1. The zero-order chi connectivity index (χ0) is 17.9. The minimum atomic E-state index is -1.21. The first-order valence-corrected chi connectivity index (χ1v) is 9.39. The van der Waals surface area contributed by atoms with Crippen molar-refractivity contribution < 1.29 is 9.84 Å². The number of halogens is 1. The van der Waals surface area contributed by atoms with Gasteiger partial charge in [0.05, 0.1) is 13.7 Å².